The number of benzene rings is 1. The molecule has 2 N–H and O–H groups in total. The van der Waals surface area contributed by atoms with Crippen LogP contribution in [0.25, 0.3) is 0 Å². The van der Waals surface area contributed by atoms with Crippen LogP contribution in [-0.2, 0) is 11.2 Å². The van der Waals surface area contributed by atoms with Crippen molar-refractivity contribution in [3.05, 3.63) is 35.4 Å². The normalized spacial score (nSPS) is 14.6. The lowest BCUT2D eigenvalue weighted by Gasteiger charge is -2.21. The van der Waals surface area contributed by atoms with E-state index < -0.39 is 0 Å². The Labute approximate surface area is 117 Å². The molecule has 0 radical (unpaired) electrons. The quantitative estimate of drug-likeness (QED) is 0.759. The molecule has 3 heteroatoms. The summed E-state index contributed by atoms with van der Waals surface area (Å²) in [5.41, 5.74) is 2.61. The molecule has 2 unspecified atom stereocenters. The molecule has 1 aromatic rings. The summed E-state index contributed by atoms with van der Waals surface area (Å²) in [7, 11) is 1.65. The van der Waals surface area contributed by atoms with E-state index in [0.717, 1.165) is 6.42 Å². The van der Waals surface area contributed by atoms with Gasteiger partial charge in [-0.3, -0.25) is 0 Å². The van der Waals surface area contributed by atoms with Crippen molar-refractivity contribution < 1.29 is 9.84 Å². The van der Waals surface area contributed by atoms with E-state index in [0.29, 0.717) is 12.5 Å². The monoisotopic (exact) mass is 265 g/mol. The standard InChI is InChI=1S/C16H27NO2/c1-12(2)9-14-5-7-15(8-6-14)13(3)17-16(10-18)11-19-4/h5-8,12-13,16-18H,9-11H2,1-4H3. The fraction of sp³-hybridized carbons (Fsp3) is 0.625. The van der Waals surface area contributed by atoms with Gasteiger partial charge in [-0.15, -0.1) is 0 Å². The molecule has 0 aliphatic carbocycles. The Bertz CT molecular complexity index is 348. The first-order valence-corrected chi connectivity index (χ1v) is 7.01. The SMILES string of the molecule is COCC(CO)NC(C)c1ccc(CC(C)C)cc1. The Hall–Kier alpha value is -0.900. The van der Waals surface area contributed by atoms with Crippen molar-refractivity contribution in [2.45, 2.75) is 39.3 Å². The topological polar surface area (TPSA) is 41.5 Å². The Balaban J connectivity index is 2.59. The van der Waals surface area contributed by atoms with Crippen LogP contribution in [-0.4, -0.2) is 31.5 Å². The van der Waals surface area contributed by atoms with Gasteiger partial charge in [0.25, 0.3) is 0 Å². The third kappa shape index (κ3) is 5.72. The summed E-state index contributed by atoms with van der Waals surface area (Å²) < 4.78 is 5.07. The lowest BCUT2D eigenvalue weighted by molar-refractivity contribution is 0.123. The zero-order valence-corrected chi connectivity index (χ0v) is 12.5. The van der Waals surface area contributed by atoms with Crippen LogP contribution in [0.3, 0.4) is 0 Å². The van der Waals surface area contributed by atoms with E-state index in [4.69, 9.17) is 4.74 Å². The number of aliphatic hydroxyl groups excluding tert-OH is 1. The highest BCUT2D eigenvalue weighted by Gasteiger charge is 2.12. The molecule has 0 bridgehead atoms. The first-order chi connectivity index (χ1) is 9.06. The number of nitrogens with one attached hydrogen (secondary N) is 1. The molecular weight excluding hydrogens is 238 g/mol. The van der Waals surface area contributed by atoms with E-state index in [1.54, 1.807) is 7.11 Å². The van der Waals surface area contributed by atoms with Gasteiger partial charge in [-0.05, 0) is 30.4 Å². The highest BCUT2D eigenvalue weighted by atomic mass is 16.5. The van der Waals surface area contributed by atoms with Gasteiger partial charge in [-0.25, -0.2) is 0 Å². The van der Waals surface area contributed by atoms with E-state index in [1.165, 1.54) is 11.1 Å². The predicted molar refractivity (Wildman–Crippen MR) is 79.3 cm³/mol. The number of rotatable bonds is 8. The maximum atomic E-state index is 9.25. The highest BCUT2D eigenvalue weighted by molar-refractivity contribution is 5.25. The molecule has 19 heavy (non-hydrogen) atoms. The maximum Gasteiger partial charge on any atom is 0.0638 e. The van der Waals surface area contributed by atoms with Crippen molar-refractivity contribution in [3.63, 3.8) is 0 Å². The van der Waals surface area contributed by atoms with Crippen LogP contribution in [0.4, 0.5) is 0 Å². The van der Waals surface area contributed by atoms with Gasteiger partial charge < -0.3 is 15.2 Å². The molecule has 0 saturated carbocycles. The molecule has 2 atom stereocenters. The number of aliphatic hydroxyl groups is 1. The molecule has 0 amide bonds. The van der Waals surface area contributed by atoms with Crippen molar-refractivity contribution in [1.29, 1.82) is 0 Å². The van der Waals surface area contributed by atoms with Crippen LogP contribution < -0.4 is 5.32 Å². The molecule has 1 rings (SSSR count). The fourth-order valence-electron chi connectivity index (χ4n) is 2.22. The molecule has 0 heterocycles. The predicted octanol–water partition coefficient (Wildman–Crippen LogP) is 2.54. The molecule has 0 aromatic heterocycles. The van der Waals surface area contributed by atoms with Crippen LogP contribution in [0.5, 0.6) is 0 Å². The highest BCUT2D eigenvalue weighted by Crippen LogP contribution is 2.16. The number of hydrogen-bond acceptors (Lipinski definition) is 3. The largest absolute Gasteiger partial charge is 0.395 e. The molecule has 108 valence electrons. The Morgan fingerprint density at radius 1 is 1.16 bits per heavy atom. The summed E-state index contributed by atoms with van der Waals surface area (Å²) in [5, 5.41) is 12.6. The summed E-state index contributed by atoms with van der Waals surface area (Å²) in [6.07, 6.45) is 1.12. The second-order valence-electron chi connectivity index (χ2n) is 5.56. The average Bonchev–Trinajstić information content (AvgIpc) is 2.38. The molecular formula is C16H27NO2. The zero-order valence-electron chi connectivity index (χ0n) is 12.5. The lowest BCUT2D eigenvalue weighted by Crippen LogP contribution is -2.38. The third-order valence-corrected chi connectivity index (χ3v) is 3.20. The van der Waals surface area contributed by atoms with Gasteiger partial charge >= 0.3 is 0 Å². The smallest absolute Gasteiger partial charge is 0.0638 e. The van der Waals surface area contributed by atoms with Crippen LogP contribution >= 0.6 is 0 Å². The summed E-state index contributed by atoms with van der Waals surface area (Å²) >= 11 is 0. The van der Waals surface area contributed by atoms with Gasteiger partial charge in [0.1, 0.15) is 0 Å². The molecule has 0 fully saturated rings. The summed E-state index contributed by atoms with van der Waals surface area (Å²) in [4.78, 5) is 0. The number of methoxy groups -OCH3 is 1. The van der Waals surface area contributed by atoms with E-state index in [2.05, 4.69) is 50.4 Å². The Kier molecular flexibility index (Phi) is 7.06. The van der Waals surface area contributed by atoms with Gasteiger partial charge in [0.15, 0.2) is 0 Å². The van der Waals surface area contributed by atoms with Crippen molar-refractivity contribution in [1.82, 2.24) is 5.32 Å². The van der Waals surface area contributed by atoms with Crippen LogP contribution in [0.2, 0.25) is 0 Å². The number of hydrogen-bond donors (Lipinski definition) is 2. The minimum Gasteiger partial charge on any atom is -0.395 e. The van der Waals surface area contributed by atoms with E-state index in [-0.39, 0.29) is 18.7 Å². The zero-order chi connectivity index (χ0) is 14.3. The number of ether oxygens (including phenoxy) is 1. The van der Waals surface area contributed by atoms with Crippen LogP contribution in [0.15, 0.2) is 24.3 Å². The molecule has 0 aliphatic rings. The molecule has 0 saturated heterocycles. The van der Waals surface area contributed by atoms with E-state index >= 15 is 0 Å². The second kappa shape index (κ2) is 8.31. The average molecular weight is 265 g/mol. The second-order valence-corrected chi connectivity index (χ2v) is 5.56. The van der Waals surface area contributed by atoms with Gasteiger partial charge in [-0.1, -0.05) is 38.1 Å². The van der Waals surface area contributed by atoms with Crippen molar-refractivity contribution in [3.8, 4) is 0 Å². The first kappa shape index (κ1) is 16.2. The molecule has 3 nitrogen and oxygen atoms in total. The first-order valence-electron chi connectivity index (χ1n) is 7.01. The van der Waals surface area contributed by atoms with Crippen LogP contribution in [0, 0.1) is 5.92 Å². The molecule has 0 spiro atoms. The van der Waals surface area contributed by atoms with Gasteiger partial charge in [0, 0.05) is 13.2 Å². The Morgan fingerprint density at radius 3 is 2.26 bits per heavy atom. The molecule has 1 aromatic carbocycles. The lowest BCUT2D eigenvalue weighted by atomic mass is 9.99. The van der Waals surface area contributed by atoms with Gasteiger partial charge in [-0.2, -0.15) is 0 Å². The fourth-order valence-corrected chi connectivity index (χ4v) is 2.22. The maximum absolute atomic E-state index is 9.25. The summed E-state index contributed by atoms with van der Waals surface area (Å²) in [6.45, 7) is 7.18. The van der Waals surface area contributed by atoms with Crippen molar-refractivity contribution in [2.75, 3.05) is 20.3 Å². The van der Waals surface area contributed by atoms with Gasteiger partial charge in [0.05, 0.1) is 19.3 Å². The third-order valence-electron chi connectivity index (χ3n) is 3.20. The van der Waals surface area contributed by atoms with E-state index in [1.807, 2.05) is 0 Å². The van der Waals surface area contributed by atoms with Crippen LogP contribution in [0.1, 0.15) is 37.9 Å². The van der Waals surface area contributed by atoms with Gasteiger partial charge in [0.2, 0.25) is 0 Å². The van der Waals surface area contributed by atoms with Crippen molar-refractivity contribution >= 4 is 0 Å². The Morgan fingerprint density at radius 2 is 1.79 bits per heavy atom. The van der Waals surface area contributed by atoms with Crippen molar-refractivity contribution in [2.24, 2.45) is 5.92 Å². The minimum absolute atomic E-state index is 0.0182. The molecule has 0 aliphatic heterocycles. The summed E-state index contributed by atoms with van der Waals surface area (Å²) in [6, 6.07) is 8.90. The van der Waals surface area contributed by atoms with E-state index in [9.17, 15) is 5.11 Å². The minimum atomic E-state index is -0.0182. The summed E-state index contributed by atoms with van der Waals surface area (Å²) in [5.74, 6) is 0.682.